The van der Waals surface area contributed by atoms with E-state index in [2.05, 4.69) is 15.5 Å². The Bertz CT molecular complexity index is 282. The van der Waals surface area contributed by atoms with Crippen LogP contribution in [0.1, 0.15) is 19.3 Å². The average molecular weight is 212 g/mol. The maximum Gasteiger partial charge on any atom is 0.190 e. The minimum Gasteiger partial charge on any atom is -0.314 e. The molecule has 0 spiro atoms. The highest BCUT2D eigenvalue weighted by Crippen LogP contribution is 2.19. The fraction of sp³-hybridized carbons (Fsp3) is 0.778. The summed E-state index contributed by atoms with van der Waals surface area (Å²) in [7, 11) is 1.98. The molecular weight excluding hydrogens is 196 g/mol. The smallest absolute Gasteiger partial charge is 0.190 e. The van der Waals surface area contributed by atoms with Crippen molar-refractivity contribution < 1.29 is 0 Å². The molecule has 78 valence electrons. The molecule has 0 aromatic carbocycles. The van der Waals surface area contributed by atoms with E-state index in [4.69, 9.17) is 0 Å². The molecule has 1 aliphatic carbocycles. The minimum atomic E-state index is 0.829. The third kappa shape index (κ3) is 2.99. The summed E-state index contributed by atoms with van der Waals surface area (Å²) in [5.41, 5.74) is 0. The van der Waals surface area contributed by atoms with Crippen LogP contribution in [-0.2, 0) is 7.05 Å². The molecule has 2 rings (SSSR count). The Morgan fingerprint density at radius 3 is 3.14 bits per heavy atom. The standard InChI is InChI=1S/C9H16N4S/c1-13-7-11-12-9(13)14-6-2-5-10-8-3-4-8/h7-8,10H,2-6H2,1H3. The number of aromatic nitrogens is 3. The highest BCUT2D eigenvalue weighted by atomic mass is 32.2. The van der Waals surface area contributed by atoms with Gasteiger partial charge < -0.3 is 9.88 Å². The van der Waals surface area contributed by atoms with Gasteiger partial charge in [0, 0.05) is 18.8 Å². The lowest BCUT2D eigenvalue weighted by molar-refractivity contribution is 0.673. The van der Waals surface area contributed by atoms with E-state index < -0.39 is 0 Å². The quantitative estimate of drug-likeness (QED) is 0.565. The maximum atomic E-state index is 4.02. The SMILES string of the molecule is Cn1cnnc1SCCCNC1CC1. The van der Waals surface area contributed by atoms with E-state index in [1.54, 1.807) is 18.1 Å². The monoisotopic (exact) mass is 212 g/mol. The van der Waals surface area contributed by atoms with Crippen LogP contribution in [0.25, 0.3) is 0 Å². The first-order valence-electron chi connectivity index (χ1n) is 5.06. The summed E-state index contributed by atoms with van der Waals surface area (Å²) in [5.74, 6) is 1.12. The van der Waals surface area contributed by atoms with Gasteiger partial charge in [-0.25, -0.2) is 0 Å². The summed E-state index contributed by atoms with van der Waals surface area (Å²) >= 11 is 1.78. The normalized spacial score (nSPS) is 16.1. The van der Waals surface area contributed by atoms with Crippen LogP contribution < -0.4 is 5.32 Å². The number of hydrogen-bond donors (Lipinski definition) is 1. The molecule has 1 fully saturated rings. The number of nitrogens with zero attached hydrogens (tertiary/aromatic N) is 3. The second kappa shape index (κ2) is 4.79. The molecule has 0 aliphatic heterocycles. The summed E-state index contributed by atoms with van der Waals surface area (Å²) in [5, 5.41) is 12.4. The summed E-state index contributed by atoms with van der Waals surface area (Å²) in [4.78, 5) is 0. The van der Waals surface area contributed by atoms with E-state index in [0.29, 0.717) is 0 Å². The zero-order valence-electron chi connectivity index (χ0n) is 8.44. The van der Waals surface area contributed by atoms with E-state index in [-0.39, 0.29) is 0 Å². The van der Waals surface area contributed by atoms with Gasteiger partial charge in [-0.3, -0.25) is 0 Å². The predicted octanol–water partition coefficient (Wildman–Crippen LogP) is 1.05. The molecule has 0 atom stereocenters. The van der Waals surface area contributed by atoms with Crippen molar-refractivity contribution in [2.45, 2.75) is 30.5 Å². The van der Waals surface area contributed by atoms with Crippen molar-refractivity contribution in [3.8, 4) is 0 Å². The average Bonchev–Trinajstić information content (AvgIpc) is 2.91. The van der Waals surface area contributed by atoms with Gasteiger partial charge >= 0.3 is 0 Å². The molecule has 1 aliphatic rings. The fourth-order valence-electron chi connectivity index (χ4n) is 1.23. The molecule has 14 heavy (non-hydrogen) atoms. The van der Waals surface area contributed by atoms with Crippen molar-refractivity contribution in [2.75, 3.05) is 12.3 Å². The number of aryl methyl sites for hydroxylation is 1. The van der Waals surface area contributed by atoms with Crippen LogP contribution in [-0.4, -0.2) is 33.1 Å². The van der Waals surface area contributed by atoms with Gasteiger partial charge in [0.05, 0.1) is 0 Å². The Morgan fingerprint density at radius 2 is 2.50 bits per heavy atom. The second-order valence-corrected chi connectivity index (χ2v) is 4.72. The zero-order chi connectivity index (χ0) is 9.80. The zero-order valence-corrected chi connectivity index (χ0v) is 9.26. The van der Waals surface area contributed by atoms with Gasteiger partial charge in [-0.1, -0.05) is 11.8 Å². The first-order valence-corrected chi connectivity index (χ1v) is 6.05. The molecule has 0 radical (unpaired) electrons. The molecule has 1 aromatic heterocycles. The Morgan fingerprint density at radius 1 is 1.64 bits per heavy atom. The van der Waals surface area contributed by atoms with Crippen molar-refractivity contribution in [3.05, 3.63) is 6.33 Å². The molecule has 0 unspecified atom stereocenters. The number of thioether (sulfide) groups is 1. The van der Waals surface area contributed by atoms with E-state index in [1.807, 2.05) is 11.6 Å². The Balaban J connectivity index is 1.56. The molecular formula is C9H16N4S. The minimum absolute atomic E-state index is 0.829. The summed E-state index contributed by atoms with van der Waals surface area (Å²) < 4.78 is 1.96. The van der Waals surface area contributed by atoms with Gasteiger partial charge in [0.1, 0.15) is 6.33 Å². The lowest BCUT2D eigenvalue weighted by atomic mass is 10.5. The second-order valence-electron chi connectivity index (χ2n) is 3.65. The lowest BCUT2D eigenvalue weighted by Gasteiger charge is -2.01. The highest BCUT2D eigenvalue weighted by molar-refractivity contribution is 7.99. The van der Waals surface area contributed by atoms with Crippen LogP contribution in [0.5, 0.6) is 0 Å². The molecule has 1 aromatic rings. The van der Waals surface area contributed by atoms with Crippen LogP contribution >= 0.6 is 11.8 Å². The largest absolute Gasteiger partial charge is 0.314 e. The number of nitrogens with one attached hydrogen (secondary N) is 1. The molecule has 1 N–H and O–H groups in total. The molecule has 5 heteroatoms. The van der Waals surface area contributed by atoms with E-state index in [9.17, 15) is 0 Å². The third-order valence-corrected chi connectivity index (χ3v) is 3.35. The highest BCUT2D eigenvalue weighted by Gasteiger charge is 2.19. The van der Waals surface area contributed by atoms with Crippen LogP contribution in [0, 0.1) is 0 Å². The molecule has 1 saturated carbocycles. The summed E-state index contributed by atoms with van der Waals surface area (Å²) in [6.45, 7) is 1.13. The van der Waals surface area contributed by atoms with E-state index in [0.717, 1.165) is 23.5 Å². The fourth-order valence-corrected chi connectivity index (χ4v) is 2.06. The Kier molecular flexibility index (Phi) is 3.42. The van der Waals surface area contributed by atoms with Crippen LogP contribution in [0.3, 0.4) is 0 Å². The molecule has 1 heterocycles. The van der Waals surface area contributed by atoms with Gasteiger partial charge in [0.15, 0.2) is 5.16 Å². The van der Waals surface area contributed by atoms with Gasteiger partial charge in [0.2, 0.25) is 0 Å². The van der Waals surface area contributed by atoms with Crippen molar-refractivity contribution >= 4 is 11.8 Å². The Hall–Kier alpha value is -0.550. The summed E-state index contributed by atoms with van der Waals surface area (Å²) in [6.07, 6.45) is 5.69. The van der Waals surface area contributed by atoms with Crippen molar-refractivity contribution in [2.24, 2.45) is 7.05 Å². The van der Waals surface area contributed by atoms with Gasteiger partial charge in [0.25, 0.3) is 0 Å². The van der Waals surface area contributed by atoms with Crippen molar-refractivity contribution in [1.29, 1.82) is 0 Å². The van der Waals surface area contributed by atoms with E-state index in [1.165, 1.54) is 19.3 Å². The maximum absolute atomic E-state index is 4.02. The van der Waals surface area contributed by atoms with Gasteiger partial charge in [-0.15, -0.1) is 10.2 Å². The van der Waals surface area contributed by atoms with E-state index >= 15 is 0 Å². The first kappa shape index (κ1) is 9.98. The molecule has 0 bridgehead atoms. The first-order chi connectivity index (χ1) is 6.86. The summed E-state index contributed by atoms with van der Waals surface area (Å²) in [6, 6.07) is 0.829. The number of hydrogen-bond acceptors (Lipinski definition) is 4. The third-order valence-electron chi connectivity index (χ3n) is 2.23. The van der Waals surface area contributed by atoms with Gasteiger partial charge in [-0.05, 0) is 25.8 Å². The lowest BCUT2D eigenvalue weighted by Crippen LogP contribution is -2.17. The number of rotatable bonds is 6. The van der Waals surface area contributed by atoms with Crippen LogP contribution in [0.4, 0.5) is 0 Å². The topological polar surface area (TPSA) is 42.7 Å². The molecule has 4 nitrogen and oxygen atoms in total. The van der Waals surface area contributed by atoms with Crippen LogP contribution in [0.15, 0.2) is 11.5 Å². The Labute approximate surface area is 88.5 Å². The predicted molar refractivity (Wildman–Crippen MR) is 57.4 cm³/mol. The van der Waals surface area contributed by atoms with Gasteiger partial charge in [-0.2, -0.15) is 0 Å². The molecule has 0 amide bonds. The molecule has 0 saturated heterocycles. The van der Waals surface area contributed by atoms with Crippen molar-refractivity contribution in [1.82, 2.24) is 20.1 Å². The van der Waals surface area contributed by atoms with Crippen molar-refractivity contribution in [3.63, 3.8) is 0 Å². The van der Waals surface area contributed by atoms with Crippen LogP contribution in [0.2, 0.25) is 0 Å².